The van der Waals surface area contributed by atoms with Crippen LogP contribution in [-0.2, 0) is 11.2 Å². The molecule has 1 aromatic rings. The van der Waals surface area contributed by atoms with Crippen molar-refractivity contribution >= 4 is 6.08 Å². The second-order valence-electron chi connectivity index (χ2n) is 9.50. The van der Waals surface area contributed by atoms with Crippen LogP contribution in [0.3, 0.4) is 0 Å². The first-order chi connectivity index (χ1) is 10.6. The van der Waals surface area contributed by atoms with Crippen LogP contribution in [0.5, 0.6) is 0 Å². The lowest BCUT2D eigenvalue weighted by molar-refractivity contribution is -0.129. The van der Waals surface area contributed by atoms with Crippen molar-refractivity contribution in [3.05, 3.63) is 52.8 Å². The van der Waals surface area contributed by atoms with Crippen LogP contribution in [0.25, 0.3) is 6.08 Å². The van der Waals surface area contributed by atoms with Crippen LogP contribution in [0.1, 0.15) is 52.7 Å². The number of fused-ring (bicyclic) bond motifs is 5. The molecule has 4 rings (SSSR count). The Labute approximate surface area is 140 Å². The summed E-state index contributed by atoms with van der Waals surface area (Å²) in [6.07, 6.45) is 6.02. The normalized spacial score (nSPS) is 31.9. The van der Waals surface area contributed by atoms with Crippen LogP contribution >= 0.6 is 0 Å². The van der Waals surface area contributed by atoms with Crippen molar-refractivity contribution in [2.24, 2.45) is 22.7 Å². The van der Waals surface area contributed by atoms with Crippen molar-refractivity contribution in [1.82, 2.24) is 0 Å². The van der Waals surface area contributed by atoms with E-state index in [1.54, 1.807) is 0 Å². The van der Waals surface area contributed by atoms with Crippen LogP contribution in [-0.4, -0.2) is 5.60 Å². The predicted octanol–water partition coefficient (Wildman–Crippen LogP) is 5.62. The molecule has 0 spiro atoms. The molecule has 0 aromatic heterocycles. The maximum absolute atomic E-state index is 6.75. The predicted molar refractivity (Wildman–Crippen MR) is 95.9 cm³/mol. The van der Waals surface area contributed by atoms with Crippen LogP contribution in [0.15, 0.2) is 41.7 Å². The summed E-state index contributed by atoms with van der Waals surface area (Å²) in [5, 5.41) is 0. The van der Waals surface area contributed by atoms with Gasteiger partial charge in [-0.25, -0.2) is 0 Å². The van der Waals surface area contributed by atoms with E-state index in [-0.39, 0.29) is 16.4 Å². The molecule has 2 aliphatic carbocycles. The number of hydrogen-bond acceptors (Lipinski definition) is 1. The third kappa shape index (κ3) is 1.86. The summed E-state index contributed by atoms with van der Waals surface area (Å²) in [6, 6.07) is 8.83. The van der Waals surface area contributed by atoms with Gasteiger partial charge in [-0.3, -0.25) is 0 Å². The maximum atomic E-state index is 6.75. The van der Waals surface area contributed by atoms with Gasteiger partial charge in [0.2, 0.25) is 0 Å². The minimum absolute atomic E-state index is 0.0756. The van der Waals surface area contributed by atoms with Gasteiger partial charge in [0.1, 0.15) is 5.60 Å². The van der Waals surface area contributed by atoms with E-state index >= 15 is 0 Å². The fourth-order valence-corrected chi connectivity index (χ4v) is 4.79. The molecule has 1 heterocycles. The third-order valence-electron chi connectivity index (χ3n) is 5.99. The highest BCUT2D eigenvalue weighted by Gasteiger charge is 2.68. The van der Waals surface area contributed by atoms with Gasteiger partial charge in [0.05, 0.1) is 5.76 Å². The Bertz CT molecular complexity index is 723. The summed E-state index contributed by atoms with van der Waals surface area (Å²) in [5.74, 6) is 2.30. The Hall–Kier alpha value is -1.50. The molecule has 122 valence electrons. The Morgan fingerprint density at radius 1 is 1.04 bits per heavy atom. The van der Waals surface area contributed by atoms with E-state index in [4.69, 9.17) is 4.74 Å². The lowest BCUT2D eigenvalue weighted by Crippen LogP contribution is -2.63. The van der Waals surface area contributed by atoms with Crippen LogP contribution in [0.2, 0.25) is 0 Å². The van der Waals surface area contributed by atoms with Crippen LogP contribution in [0, 0.1) is 22.7 Å². The summed E-state index contributed by atoms with van der Waals surface area (Å²) < 4.78 is 6.75. The molecule has 23 heavy (non-hydrogen) atoms. The van der Waals surface area contributed by atoms with Gasteiger partial charge >= 0.3 is 0 Å². The van der Waals surface area contributed by atoms with E-state index in [1.165, 1.54) is 22.5 Å². The van der Waals surface area contributed by atoms with Gasteiger partial charge < -0.3 is 4.74 Å². The zero-order valence-corrected chi connectivity index (χ0v) is 15.2. The van der Waals surface area contributed by atoms with Gasteiger partial charge in [-0.2, -0.15) is 0 Å². The molecule has 1 aromatic carbocycles. The second-order valence-corrected chi connectivity index (χ2v) is 9.50. The Morgan fingerprint density at radius 3 is 2.39 bits per heavy atom. The molecule has 0 N–H and O–H groups in total. The average Bonchev–Trinajstić information content (AvgIpc) is 2.81. The van der Waals surface area contributed by atoms with E-state index in [0.29, 0.717) is 11.8 Å². The smallest absolute Gasteiger partial charge is 0.142 e. The molecular formula is C22H28O. The van der Waals surface area contributed by atoms with E-state index in [1.807, 2.05) is 0 Å². The van der Waals surface area contributed by atoms with Crippen molar-refractivity contribution in [2.45, 2.75) is 53.6 Å². The van der Waals surface area contributed by atoms with Gasteiger partial charge in [-0.05, 0) is 35.1 Å². The molecule has 0 radical (unpaired) electrons. The summed E-state index contributed by atoms with van der Waals surface area (Å²) in [4.78, 5) is 0. The number of rotatable bonds is 0. The van der Waals surface area contributed by atoms with Crippen molar-refractivity contribution in [3.8, 4) is 0 Å². The summed E-state index contributed by atoms with van der Waals surface area (Å²) in [7, 11) is 0. The van der Waals surface area contributed by atoms with Crippen molar-refractivity contribution in [2.75, 3.05) is 0 Å². The van der Waals surface area contributed by atoms with Crippen LogP contribution in [0.4, 0.5) is 0 Å². The largest absolute Gasteiger partial charge is 0.486 e. The SMILES string of the molecule is CC(C)(C)C1=CC2C3Cc4ccccc4C=C3C2(C(C)(C)C)O1. The van der Waals surface area contributed by atoms with E-state index in [0.717, 1.165) is 6.42 Å². The van der Waals surface area contributed by atoms with Gasteiger partial charge in [-0.15, -0.1) is 0 Å². The maximum Gasteiger partial charge on any atom is 0.142 e. The minimum Gasteiger partial charge on any atom is -0.486 e. The Balaban J connectivity index is 1.84. The first kappa shape index (κ1) is 15.1. The van der Waals surface area contributed by atoms with E-state index in [2.05, 4.69) is 78.0 Å². The monoisotopic (exact) mass is 308 g/mol. The molecule has 1 fully saturated rings. The minimum atomic E-state index is -0.145. The fraction of sp³-hybridized carbons (Fsp3) is 0.545. The topological polar surface area (TPSA) is 9.23 Å². The molecule has 1 heteroatoms. The summed E-state index contributed by atoms with van der Waals surface area (Å²) >= 11 is 0. The van der Waals surface area contributed by atoms with Crippen LogP contribution < -0.4 is 0 Å². The number of ether oxygens (including phenoxy) is 1. The fourth-order valence-electron chi connectivity index (χ4n) is 4.79. The van der Waals surface area contributed by atoms with Gasteiger partial charge in [0.25, 0.3) is 0 Å². The van der Waals surface area contributed by atoms with Gasteiger partial charge in [0, 0.05) is 16.7 Å². The highest BCUT2D eigenvalue weighted by atomic mass is 16.5. The quantitative estimate of drug-likeness (QED) is 0.604. The number of allylic oxidation sites excluding steroid dienone is 1. The average molecular weight is 308 g/mol. The van der Waals surface area contributed by atoms with Crippen molar-refractivity contribution < 1.29 is 4.74 Å². The lowest BCUT2D eigenvalue weighted by Gasteiger charge is -2.60. The number of hydrogen-bond donors (Lipinski definition) is 0. The highest BCUT2D eigenvalue weighted by Crippen LogP contribution is 2.67. The summed E-state index contributed by atoms with van der Waals surface area (Å²) in [6.45, 7) is 13.8. The molecule has 3 atom stereocenters. The first-order valence-corrected chi connectivity index (χ1v) is 8.86. The Kier molecular flexibility index (Phi) is 2.82. The van der Waals surface area contributed by atoms with E-state index in [9.17, 15) is 0 Å². The Morgan fingerprint density at radius 2 is 1.74 bits per heavy atom. The lowest BCUT2D eigenvalue weighted by atomic mass is 9.47. The standard InChI is InChI=1S/C22H28O/c1-20(2,3)19-13-18-16-11-14-9-7-8-10-15(14)12-17(16)22(18,23-19)21(4,5)6/h7-10,12-13,16,18H,11H2,1-6H3. The molecule has 1 aliphatic heterocycles. The molecule has 0 amide bonds. The molecule has 0 bridgehead atoms. The molecule has 1 saturated carbocycles. The number of benzene rings is 1. The van der Waals surface area contributed by atoms with Crippen molar-refractivity contribution in [1.29, 1.82) is 0 Å². The van der Waals surface area contributed by atoms with Gasteiger partial charge in [0.15, 0.2) is 0 Å². The van der Waals surface area contributed by atoms with Crippen molar-refractivity contribution in [3.63, 3.8) is 0 Å². The summed E-state index contributed by atoms with van der Waals surface area (Å²) in [5.41, 5.74) is 4.41. The van der Waals surface area contributed by atoms with Gasteiger partial charge in [-0.1, -0.05) is 71.9 Å². The molecule has 3 aliphatic rings. The second kappa shape index (κ2) is 4.32. The zero-order valence-electron chi connectivity index (χ0n) is 15.2. The molecule has 3 unspecified atom stereocenters. The first-order valence-electron chi connectivity index (χ1n) is 8.86. The molecule has 0 saturated heterocycles. The molecule has 1 nitrogen and oxygen atoms in total. The molecular weight excluding hydrogens is 280 g/mol. The highest BCUT2D eigenvalue weighted by molar-refractivity contribution is 5.67. The van der Waals surface area contributed by atoms with E-state index < -0.39 is 0 Å². The zero-order chi connectivity index (χ0) is 16.6. The third-order valence-corrected chi connectivity index (χ3v) is 5.99.